The topological polar surface area (TPSA) is 61.4 Å². The van der Waals surface area contributed by atoms with Crippen LogP contribution in [0.2, 0.25) is 0 Å². The highest BCUT2D eigenvalue weighted by Crippen LogP contribution is 2.27. The van der Waals surface area contributed by atoms with E-state index in [9.17, 15) is 14.0 Å². The number of benzene rings is 3. The van der Waals surface area contributed by atoms with E-state index in [1.165, 1.54) is 12.1 Å². The fraction of sp³-hybridized carbons (Fsp3) is 0.130. The molecule has 0 spiro atoms. The molecule has 3 amide bonds. The Bertz CT molecular complexity index is 1020. The maximum Gasteiger partial charge on any atom is 0.319 e. The van der Waals surface area contributed by atoms with Gasteiger partial charge in [-0.1, -0.05) is 48.5 Å². The fourth-order valence-electron chi connectivity index (χ4n) is 3.48. The molecule has 3 aromatic carbocycles. The molecule has 1 saturated heterocycles. The Balaban J connectivity index is 1.42. The maximum absolute atomic E-state index is 13.1. The molecule has 0 saturated carbocycles. The molecular formula is C23H20FN3O2. The van der Waals surface area contributed by atoms with Gasteiger partial charge in [0.15, 0.2) is 0 Å². The minimum absolute atomic E-state index is 0.105. The molecular weight excluding hydrogens is 369 g/mol. The van der Waals surface area contributed by atoms with Crippen LogP contribution in [0.3, 0.4) is 0 Å². The number of anilines is 2. The molecule has 3 aromatic rings. The number of halogens is 1. The number of carbonyl (C=O) groups excluding carboxylic acids is 2. The first-order valence-electron chi connectivity index (χ1n) is 9.38. The zero-order valence-electron chi connectivity index (χ0n) is 15.6. The van der Waals surface area contributed by atoms with Crippen molar-refractivity contribution in [3.05, 3.63) is 84.7 Å². The van der Waals surface area contributed by atoms with Crippen LogP contribution in [-0.4, -0.2) is 24.5 Å². The third-order valence-corrected chi connectivity index (χ3v) is 4.86. The average Bonchev–Trinajstić information content (AvgIpc) is 3.09. The Morgan fingerprint density at radius 3 is 2.38 bits per heavy atom. The summed E-state index contributed by atoms with van der Waals surface area (Å²) >= 11 is 0. The summed E-state index contributed by atoms with van der Waals surface area (Å²) < 4.78 is 13.1. The Morgan fingerprint density at radius 2 is 1.62 bits per heavy atom. The van der Waals surface area contributed by atoms with Gasteiger partial charge in [-0.25, -0.2) is 9.18 Å². The number of nitrogens with zero attached hydrogens (tertiary/aromatic N) is 1. The second kappa shape index (κ2) is 8.14. The minimum Gasteiger partial charge on any atom is -0.333 e. The van der Waals surface area contributed by atoms with E-state index >= 15 is 0 Å². The van der Waals surface area contributed by atoms with E-state index in [2.05, 4.69) is 10.6 Å². The number of rotatable bonds is 4. The second-order valence-electron chi connectivity index (χ2n) is 6.89. The van der Waals surface area contributed by atoms with Gasteiger partial charge in [0, 0.05) is 24.2 Å². The maximum atomic E-state index is 13.1. The molecule has 0 aromatic heterocycles. The van der Waals surface area contributed by atoms with Crippen molar-refractivity contribution in [2.75, 3.05) is 16.8 Å². The lowest BCUT2D eigenvalue weighted by Crippen LogP contribution is -2.39. The van der Waals surface area contributed by atoms with Crippen LogP contribution < -0.4 is 15.5 Å². The molecule has 2 N–H and O–H groups in total. The van der Waals surface area contributed by atoms with Crippen LogP contribution in [0.25, 0.3) is 11.1 Å². The van der Waals surface area contributed by atoms with Crippen LogP contribution in [0.5, 0.6) is 0 Å². The van der Waals surface area contributed by atoms with E-state index in [1.807, 2.05) is 54.6 Å². The van der Waals surface area contributed by atoms with E-state index in [4.69, 9.17) is 0 Å². The van der Waals surface area contributed by atoms with Crippen molar-refractivity contribution in [2.24, 2.45) is 0 Å². The Labute approximate surface area is 168 Å². The van der Waals surface area contributed by atoms with Gasteiger partial charge in [-0.15, -0.1) is 0 Å². The number of para-hydroxylation sites is 1. The van der Waals surface area contributed by atoms with Gasteiger partial charge in [-0.3, -0.25) is 4.79 Å². The monoisotopic (exact) mass is 389 g/mol. The Kier molecular flexibility index (Phi) is 5.24. The molecule has 6 heteroatoms. The highest BCUT2D eigenvalue weighted by Gasteiger charge is 2.31. The SMILES string of the molecule is O=C(Nc1ccccc1-c1ccccc1)N[C@@H]1CC(=O)N(c2ccc(F)cc2)C1. The first-order valence-corrected chi connectivity index (χ1v) is 9.38. The van der Waals surface area contributed by atoms with Gasteiger partial charge in [0.1, 0.15) is 5.82 Å². The zero-order chi connectivity index (χ0) is 20.2. The summed E-state index contributed by atoms with van der Waals surface area (Å²) in [5.41, 5.74) is 3.23. The molecule has 1 heterocycles. The molecule has 4 rings (SSSR count). The molecule has 1 atom stereocenters. The van der Waals surface area contributed by atoms with Crippen molar-refractivity contribution in [1.82, 2.24) is 5.32 Å². The molecule has 146 valence electrons. The quantitative estimate of drug-likeness (QED) is 0.694. The van der Waals surface area contributed by atoms with Gasteiger partial charge in [0.25, 0.3) is 0 Å². The summed E-state index contributed by atoms with van der Waals surface area (Å²) in [6.07, 6.45) is 0.200. The highest BCUT2D eigenvalue weighted by atomic mass is 19.1. The third-order valence-electron chi connectivity index (χ3n) is 4.86. The standard InChI is InChI=1S/C23H20FN3O2/c24-17-10-12-19(13-11-17)27-15-18(14-22(27)28)25-23(29)26-21-9-5-4-8-20(21)16-6-2-1-3-7-16/h1-13,18H,14-15H2,(H2,25,26,29)/t18-/m1/s1. The molecule has 1 aliphatic rings. The Hall–Kier alpha value is -3.67. The van der Waals surface area contributed by atoms with Gasteiger partial charge in [0.2, 0.25) is 5.91 Å². The van der Waals surface area contributed by atoms with Gasteiger partial charge in [-0.2, -0.15) is 0 Å². The number of hydrogen-bond acceptors (Lipinski definition) is 2. The lowest BCUT2D eigenvalue weighted by atomic mass is 10.0. The summed E-state index contributed by atoms with van der Waals surface area (Å²) in [6, 6.07) is 22.4. The number of nitrogens with one attached hydrogen (secondary N) is 2. The van der Waals surface area contributed by atoms with Crippen LogP contribution in [-0.2, 0) is 4.79 Å². The number of urea groups is 1. The average molecular weight is 389 g/mol. The molecule has 29 heavy (non-hydrogen) atoms. The molecule has 1 aliphatic heterocycles. The van der Waals surface area contributed by atoms with Crippen LogP contribution in [0.1, 0.15) is 6.42 Å². The van der Waals surface area contributed by atoms with Crippen LogP contribution in [0, 0.1) is 5.82 Å². The van der Waals surface area contributed by atoms with Crippen molar-refractivity contribution in [3.8, 4) is 11.1 Å². The molecule has 0 bridgehead atoms. The van der Waals surface area contributed by atoms with Crippen LogP contribution >= 0.6 is 0 Å². The highest BCUT2D eigenvalue weighted by molar-refractivity contribution is 5.98. The van der Waals surface area contributed by atoms with E-state index in [0.717, 1.165) is 11.1 Å². The van der Waals surface area contributed by atoms with Crippen molar-refractivity contribution >= 4 is 23.3 Å². The second-order valence-corrected chi connectivity index (χ2v) is 6.89. The van der Waals surface area contributed by atoms with Gasteiger partial charge < -0.3 is 15.5 Å². The molecule has 5 nitrogen and oxygen atoms in total. The first kappa shape index (κ1) is 18.7. The fourth-order valence-corrected chi connectivity index (χ4v) is 3.48. The smallest absolute Gasteiger partial charge is 0.319 e. The Morgan fingerprint density at radius 1 is 0.931 bits per heavy atom. The number of hydrogen-bond donors (Lipinski definition) is 2. The first-order chi connectivity index (χ1) is 14.1. The summed E-state index contributed by atoms with van der Waals surface area (Å²) in [4.78, 5) is 26.4. The third kappa shape index (κ3) is 4.27. The van der Waals surface area contributed by atoms with Crippen LogP contribution in [0.15, 0.2) is 78.9 Å². The van der Waals surface area contributed by atoms with E-state index in [-0.39, 0.29) is 30.2 Å². The van der Waals surface area contributed by atoms with Gasteiger partial charge in [-0.05, 0) is 35.9 Å². The lowest BCUT2D eigenvalue weighted by molar-refractivity contribution is -0.117. The molecule has 0 unspecified atom stereocenters. The van der Waals surface area contributed by atoms with Crippen LogP contribution in [0.4, 0.5) is 20.6 Å². The summed E-state index contributed by atoms with van der Waals surface area (Å²) in [7, 11) is 0. The van der Waals surface area contributed by atoms with Crippen molar-refractivity contribution in [1.29, 1.82) is 0 Å². The molecule has 0 radical (unpaired) electrons. The van der Waals surface area contributed by atoms with Crippen molar-refractivity contribution in [3.63, 3.8) is 0 Å². The van der Waals surface area contributed by atoms with E-state index < -0.39 is 0 Å². The van der Waals surface area contributed by atoms with Gasteiger partial charge in [0.05, 0.1) is 11.7 Å². The van der Waals surface area contributed by atoms with E-state index in [1.54, 1.807) is 17.0 Å². The number of amides is 3. The minimum atomic E-state index is -0.368. The van der Waals surface area contributed by atoms with Crippen molar-refractivity contribution < 1.29 is 14.0 Å². The predicted octanol–water partition coefficient (Wildman–Crippen LogP) is 4.42. The molecule has 1 fully saturated rings. The largest absolute Gasteiger partial charge is 0.333 e. The summed E-state index contributed by atoms with van der Waals surface area (Å²) in [5, 5.41) is 5.74. The lowest BCUT2D eigenvalue weighted by Gasteiger charge is -2.18. The van der Waals surface area contributed by atoms with Crippen molar-refractivity contribution in [2.45, 2.75) is 12.5 Å². The molecule has 0 aliphatic carbocycles. The zero-order valence-corrected chi connectivity index (χ0v) is 15.6. The normalized spacial score (nSPS) is 16.0. The van der Waals surface area contributed by atoms with E-state index in [0.29, 0.717) is 17.9 Å². The van der Waals surface area contributed by atoms with Gasteiger partial charge >= 0.3 is 6.03 Å². The summed E-state index contributed by atoms with van der Waals surface area (Å²) in [5.74, 6) is -0.460. The number of carbonyl (C=O) groups is 2. The summed E-state index contributed by atoms with van der Waals surface area (Å²) in [6.45, 7) is 0.345. The predicted molar refractivity (Wildman–Crippen MR) is 111 cm³/mol.